The molecule has 1 fully saturated rings. The zero-order valence-corrected chi connectivity index (χ0v) is 14.5. The van der Waals surface area contributed by atoms with Crippen LogP contribution >= 0.6 is 0 Å². The van der Waals surface area contributed by atoms with E-state index < -0.39 is 10.0 Å². The minimum Gasteiger partial charge on any atom is -0.314 e. The maximum absolute atomic E-state index is 11.7. The number of hydrogen-bond donors (Lipinski definition) is 1. The average molecular weight is 305 g/mol. The van der Waals surface area contributed by atoms with Gasteiger partial charge in [-0.05, 0) is 43.6 Å². The second kappa shape index (κ2) is 7.76. The number of hydrogen-bond acceptors (Lipinski definition) is 3. The first-order valence-corrected chi connectivity index (χ1v) is 9.79. The van der Waals surface area contributed by atoms with Crippen molar-refractivity contribution in [3.8, 4) is 0 Å². The molecule has 1 aliphatic heterocycles. The summed E-state index contributed by atoms with van der Waals surface area (Å²) in [6, 6.07) is 0.490. The fraction of sp³-hybridized carbons (Fsp3) is 1.00. The molecule has 0 aliphatic carbocycles. The van der Waals surface area contributed by atoms with Crippen LogP contribution in [0.4, 0.5) is 0 Å². The van der Waals surface area contributed by atoms with E-state index in [1.807, 2.05) is 0 Å². The van der Waals surface area contributed by atoms with Crippen LogP contribution in [-0.2, 0) is 10.0 Å². The van der Waals surface area contributed by atoms with E-state index in [0.717, 1.165) is 25.8 Å². The maximum atomic E-state index is 11.7. The highest BCUT2D eigenvalue weighted by molar-refractivity contribution is 7.88. The van der Waals surface area contributed by atoms with E-state index in [1.165, 1.54) is 6.26 Å². The average Bonchev–Trinajstić information content (AvgIpc) is 2.36. The molecule has 1 rings (SSSR count). The van der Waals surface area contributed by atoms with Gasteiger partial charge >= 0.3 is 0 Å². The number of nitrogens with one attached hydrogen (secondary N) is 1. The van der Waals surface area contributed by atoms with Gasteiger partial charge in [0.2, 0.25) is 10.0 Å². The van der Waals surface area contributed by atoms with E-state index >= 15 is 0 Å². The van der Waals surface area contributed by atoms with Gasteiger partial charge in [-0.3, -0.25) is 0 Å². The molecule has 0 saturated carbocycles. The van der Waals surface area contributed by atoms with Crippen molar-refractivity contribution in [2.45, 2.75) is 53.0 Å². The monoisotopic (exact) mass is 304 g/mol. The van der Waals surface area contributed by atoms with Crippen LogP contribution in [0, 0.1) is 17.8 Å². The first-order chi connectivity index (χ1) is 9.25. The molecule has 1 aliphatic rings. The van der Waals surface area contributed by atoms with Crippen LogP contribution in [0.15, 0.2) is 0 Å². The van der Waals surface area contributed by atoms with Crippen molar-refractivity contribution in [2.75, 3.05) is 25.9 Å². The molecule has 1 saturated heterocycles. The highest BCUT2D eigenvalue weighted by Crippen LogP contribution is 2.27. The van der Waals surface area contributed by atoms with E-state index in [4.69, 9.17) is 0 Å². The molecule has 1 N–H and O–H groups in total. The Labute approximate surface area is 125 Å². The normalized spacial score (nSPS) is 24.8. The Morgan fingerprint density at radius 2 is 1.95 bits per heavy atom. The Kier molecular flexibility index (Phi) is 6.95. The number of rotatable bonds is 7. The first-order valence-electron chi connectivity index (χ1n) is 7.94. The third-order valence-corrected chi connectivity index (χ3v) is 5.96. The lowest BCUT2D eigenvalue weighted by Gasteiger charge is -2.36. The lowest BCUT2D eigenvalue weighted by atomic mass is 9.82. The summed E-state index contributed by atoms with van der Waals surface area (Å²) in [6.07, 6.45) is 4.55. The Morgan fingerprint density at radius 3 is 2.45 bits per heavy atom. The largest absolute Gasteiger partial charge is 0.314 e. The predicted molar refractivity (Wildman–Crippen MR) is 85.2 cm³/mol. The van der Waals surface area contributed by atoms with E-state index in [-0.39, 0.29) is 0 Å². The third-order valence-electron chi connectivity index (χ3n) is 4.69. The predicted octanol–water partition coefficient (Wildman–Crippen LogP) is 2.32. The molecule has 0 aromatic rings. The van der Waals surface area contributed by atoms with Crippen LogP contribution in [0.3, 0.4) is 0 Å². The fourth-order valence-electron chi connectivity index (χ4n) is 3.09. The van der Waals surface area contributed by atoms with Crippen molar-refractivity contribution in [1.29, 1.82) is 0 Å². The topological polar surface area (TPSA) is 49.4 Å². The van der Waals surface area contributed by atoms with Gasteiger partial charge in [0, 0.05) is 19.1 Å². The summed E-state index contributed by atoms with van der Waals surface area (Å²) in [4.78, 5) is 0. The van der Waals surface area contributed by atoms with Crippen molar-refractivity contribution >= 4 is 10.0 Å². The summed E-state index contributed by atoms with van der Waals surface area (Å²) < 4.78 is 25.0. The lowest BCUT2D eigenvalue weighted by Crippen LogP contribution is -2.44. The second-order valence-electron chi connectivity index (χ2n) is 6.63. The van der Waals surface area contributed by atoms with Crippen molar-refractivity contribution in [3.63, 3.8) is 0 Å². The smallest absolute Gasteiger partial charge is 0.211 e. The minimum absolute atomic E-state index is 0.490. The lowest BCUT2D eigenvalue weighted by molar-refractivity contribution is 0.201. The van der Waals surface area contributed by atoms with Crippen LogP contribution in [-0.4, -0.2) is 44.7 Å². The Bertz CT molecular complexity index is 381. The van der Waals surface area contributed by atoms with E-state index in [1.54, 1.807) is 4.31 Å². The Hall–Kier alpha value is -0.130. The molecule has 3 unspecified atom stereocenters. The van der Waals surface area contributed by atoms with Crippen LogP contribution < -0.4 is 5.32 Å². The van der Waals surface area contributed by atoms with E-state index in [2.05, 4.69) is 33.0 Å². The molecule has 0 radical (unpaired) electrons. The molecule has 0 bridgehead atoms. The molecule has 0 spiro atoms. The highest BCUT2D eigenvalue weighted by atomic mass is 32.2. The molecule has 3 atom stereocenters. The number of nitrogens with zero attached hydrogens (tertiary/aromatic N) is 1. The molecule has 120 valence electrons. The summed E-state index contributed by atoms with van der Waals surface area (Å²) >= 11 is 0. The van der Waals surface area contributed by atoms with Gasteiger partial charge in [0.15, 0.2) is 0 Å². The maximum Gasteiger partial charge on any atom is 0.211 e. The van der Waals surface area contributed by atoms with Crippen LogP contribution in [0.5, 0.6) is 0 Å². The summed E-state index contributed by atoms with van der Waals surface area (Å²) in [5, 5.41) is 3.60. The van der Waals surface area contributed by atoms with Gasteiger partial charge in [0.25, 0.3) is 0 Å². The van der Waals surface area contributed by atoms with E-state index in [0.29, 0.717) is 36.9 Å². The van der Waals surface area contributed by atoms with Crippen molar-refractivity contribution in [3.05, 3.63) is 0 Å². The molecule has 20 heavy (non-hydrogen) atoms. The molecular weight excluding hydrogens is 272 g/mol. The zero-order chi connectivity index (χ0) is 15.3. The van der Waals surface area contributed by atoms with Gasteiger partial charge in [0.1, 0.15) is 0 Å². The fourth-order valence-corrected chi connectivity index (χ4v) is 4.03. The Morgan fingerprint density at radius 1 is 1.30 bits per heavy atom. The molecule has 0 aromatic heterocycles. The van der Waals surface area contributed by atoms with Gasteiger partial charge in [-0.25, -0.2) is 12.7 Å². The van der Waals surface area contributed by atoms with Gasteiger partial charge in [-0.2, -0.15) is 0 Å². The molecule has 0 amide bonds. The minimum atomic E-state index is -3.03. The van der Waals surface area contributed by atoms with Crippen LogP contribution in [0.25, 0.3) is 0 Å². The number of piperidine rings is 1. The number of sulfonamides is 1. The van der Waals surface area contributed by atoms with Gasteiger partial charge in [-0.15, -0.1) is 0 Å². The third kappa shape index (κ3) is 5.34. The van der Waals surface area contributed by atoms with Gasteiger partial charge in [-0.1, -0.05) is 27.7 Å². The summed E-state index contributed by atoms with van der Waals surface area (Å²) in [6.45, 7) is 11.3. The molecule has 0 aromatic carbocycles. The van der Waals surface area contributed by atoms with Crippen molar-refractivity contribution < 1.29 is 8.42 Å². The standard InChI is InChI=1S/C15H32N2O2S/c1-6-16-15(13(4)12(2)3)10-14-8-7-9-17(11-14)20(5,18)19/h12-16H,6-11H2,1-5H3. The van der Waals surface area contributed by atoms with Gasteiger partial charge in [0.05, 0.1) is 6.26 Å². The first kappa shape index (κ1) is 17.9. The Balaban J connectivity index is 2.64. The summed E-state index contributed by atoms with van der Waals surface area (Å²) in [5.41, 5.74) is 0. The van der Waals surface area contributed by atoms with Crippen molar-refractivity contribution in [2.24, 2.45) is 17.8 Å². The zero-order valence-electron chi connectivity index (χ0n) is 13.7. The molecule has 5 heteroatoms. The highest BCUT2D eigenvalue weighted by Gasteiger charge is 2.29. The van der Waals surface area contributed by atoms with Gasteiger partial charge < -0.3 is 5.32 Å². The quantitative estimate of drug-likeness (QED) is 0.785. The summed E-state index contributed by atoms with van der Waals surface area (Å²) in [5.74, 6) is 1.75. The van der Waals surface area contributed by atoms with Crippen molar-refractivity contribution in [1.82, 2.24) is 9.62 Å². The van der Waals surface area contributed by atoms with E-state index in [9.17, 15) is 8.42 Å². The second-order valence-corrected chi connectivity index (χ2v) is 8.61. The SMILES string of the molecule is CCNC(CC1CCCN(S(C)(=O)=O)C1)C(C)C(C)C. The molecule has 1 heterocycles. The molecular formula is C15H32N2O2S. The van der Waals surface area contributed by atoms with Crippen LogP contribution in [0.1, 0.15) is 47.0 Å². The summed E-state index contributed by atoms with van der Waals surface area (Å²) in [7, 11) is -3.03. The molecule has 4 nitrogen and oxygen atoms in total. The van der Waals surface area contributed by atoms with Crippen LogP contribution in [0.2, 0.25) is 0 Å².